The highest BCUT2D eigenvalue weighted by molar-refractivity contribution is 6.21. The molecule has 4 aromatic rings. The average molecular weight is 409 g/mol. The number of pyridine rings is 1. The highest BCUT2D eigenvalue weighted by Crippen LogP contribution is 2.30. The van der Waals surface area contributed by atoms with Gasteiger partial charge in [-0.1, -0.05) is 18.7 Å². The van der Waals surface area contributed by atoms with E-state index < -0.39 is 0 Å². The van der Waals surface area contributed by atoms with Crippen molar-refractivity contribution in [1.29, 1.82) is 0 Å². The van der Waals surface area contributed by atoms with Gasteiger partial charge >= 0.3 is 0 Å². The largest absolute Gasteiger partial charge is 0.383 e. The van der Waals surface area contributed by atoms with Crippen molar-refractivity contribution in [2.75, 3.05) is 7.05 Å². The molecule has 154 valence electrons. The molecule has 1 aliphatic rings. The molecule has 31 heavy (non-hydrogen) atoms. The van der Waals surface area contributed by atoms with E-state index in [1.54, 1.807) is 24.0 Å². The summed E-state index contributed by atoms with van der Waals surface area (Å²) in [5.41, 5.74) is 12.2. The van der Waals surface area contributed by atoms with E-state index in [9.17, 15) is 0 Å². The Bertz CT molecular complexity index is 1340. The quantitative estimate of drug-likeness (QED) is 0.310. The van der Waals surface area contributed by atoms with Gasteiger partial charge in [0.15, 0.2) is 17.3 Å². The highest BCUT2D eigenvalue weighted by Gasteiger charge is 2.21. The van der Waals surface area contributed by atoms with Gasteiger partial charge in [-0.15, -0.1) is 0 Å². The number of rotatable bonds is 5. The molecule has 1 aliphatic carbocycles. The van der Waals surface area contributed by atoms with Crippen molar-refractivity contribution >= 4 is 22.6 Å². The zero-order chi connectivity index (χ0) is 21.4. The van der Waals surface area contributed by atoms with Crippen LogP contribution in [0, 0.1) is 0 Å². The maximum atomic E-state index is 6.25. The number of aliphatic imine (C=N–C) groups is 1. The fraction of sp³-hybridized carbons (Fsp3) is 0.167. The Morgan fingerprint density at radius 1 is 1.16 bits per heavy atom. The molecule has 0 atom stereocenters. The number of aryl methyl sites for hydroxylation is 2. The van der Waals surface area contributed by atoms with Gasteiger partial charge in [-0.2, -0.15) is 5.10 Å². The first-order valence-corrected chi connectivity index (χ1v) is 10.3. The van der Waals surface area contributed by atoms with Crippen LogP contribution in [0.15, 0.2) is 72.5 Å². The number of amidine groups is 1. The molecule has 0 fully saturated rings. The van der Waals surface area contributed by atoms with E-state index in [0.29, 0.717) is 17.2 Å². The van der Waals surface area contributed by atoms with Crippen LogP contribution in [0.1, 0.15) is 23.4 Å². The number of imidazole rings is 1. The third kappa shape index (κ3) is 3.24. The number of hydrogen-bond donors (Lipinski definition) is 1. The number of nitrogens with two attached hydrogens (primary N) is 1. The standard InChI is InChI=1S/C24H23N7/c1-3-6-19(22(25)26-2)23-28-20-11-12-21(30-14-5-13-27-30)29-24(20)31(23)18-10-9-16-7-4-8-17(16)15-18/h3,5-6,9-15H,1,4,7-8H2,2H3,(H2,25,26)/b19-6+. The summed E-state index contributed by atoms with van der Waals surface area (Å²) in [4.78, 5) is 14.0. The van der Waals surface area contributed by atoms with Crippen molar-refractivity contribution in [2.45, 2.75) is 19.3 Å². The second kappa shape index (κ2) is 7.68. The summed E-state index contributed by atoms with van der Waals surface area (Å²) in [5, 5.41) is 4.32. The van der Waals surface area contributed by atoms with E-state index in [2.05, 4.69) is 34.9 Å². The molecule has 3 aromatic heterocycles. The van der Waals surface area contributed by atoms with Crippen molar-refractivity contribution in [2.24, 2.45) is 10.7 Å². The first kappa shape index (κ1) is 19.0. The van der Waals surface area contributed by atoms with Gasteiger partial charge in [0.25, 0.3) is 0 Å². The minimum atomic E-state index is 0.393. The van der Waals surface area contributed by atoms with Gasteiger partial charge in [-0.05, 0) is 66.8 Å². The first-order chi connectivity index (χ1) is 15.2. The Hall–Kier alpha value is -4.00. The molecule has 0 unspecified atom stereocenters. The number of nitrogens with zero attached hydrogens (tertiary/aromatic N) is 6. The lowest BCUT2D eigenvalue weighted by Crippen LogP contribution is -2.17. The van der Waals surface area contributed by atoms with Crippen molar-refractivity contribution in [3.05, 3.63) is 84.5 Å². The Morgan fingerprint density at radius 2 is 2.03 bits per heavy atom. The van der Waals surface area contributed by atoms with Crippen LogP contribution < -0.4 is 5.73 Å². The minimum Gasteiger partial charge on any atom is -0.383 e. The molecule has 7 heteroatoms. The van der Waals surface area contributed by atoms with E-state index in [1.807, 2.05) is 35.0 Å². The third-order valence-corrected chi connectivity index (χ3v) is 5.61. The second-order valence-electron chi connectivity index (χ2n) is 7.47. The van der Waals surface area contributed by atoms with Crippen LogP contribution in [0.5, 0.6) is 0 Å². The van der Waals surface area contributed by atoms with Crippen molar-refractivity contribution in [1.82, 2.24) is 24.3 Å². The lowest BCUT2D eigenvalue weighted by Gasteiger charge is -2.13. The summed E-state index contributed by atoms with van der Waals surface area (Å²) in [6.45, 7) is 3.84. The predicted molar refractivity (Wildman–Crippen MR) is 124 cm³/mol. The zero-order valence-electron chi connectivity index (χ0n) is 17.4. The maximum absolute atomic E-state index is 6.25. The first-order valence-electron chi connectivity index (χ1n) is 10.3. The monoisotopic (exact) mass is 409 g/mol. The van der Waals surface area contributed by atoms with Crippen molar-refractivity contribution < 1.29 is 0 Å². The van der Waals surface area contributed by atoms with E-state index in [4.69, 9.17) is 15.7 Å². The summed E-state index contributed by atoms with van der Waals surface area (Å²) < 4.78 is 3.79. The molecule has 3 heterocycles. The zero-order valence-corrected chi connectivity index (χ0v) is 17.4. The van der Waals surface area contributed by atoms with Gasteiger partial charge in [-0.3, -0.25) is 9.56 Å². The fourth-order valence-corrected chi connectivity index (χ4v) is 4.11. The summed E-state index contributed by atoms with van der Waals surface area (Å²) in [6, 6.07) is 12.3. The Morgan fingerprint density at radius 3 is 2.81 bits per heavy atom. The van der Waals surface area contributed by atoms with Crippen molar-refractivity contribution in [3.8, 4) is 11.5 Å². The van der Waals surface area contributed by atoms with E-state index >= 15 is 0 Å². The van der Waals surface area contributed by atoms with E-state index in [0.717, 1.165) is 35.5 Å². The number of hydrogen-bond acceptors (Lipinski definition) is 4. The molecule has 0 radical (unpaired) electrons. The molecule has 7 nitrogen and oxygen atoms in total. The fourth-order valence-electron chi connectivity index (χ4n) is 4.11. The highest BCUT2D eigenvalue weighted by atomic mass is 15.3. The van der Waals surface area contributed by atoms with Crippen LogP contribution in [0.3, 0.4) is 0 Å². The number of benzene rings is 1. The van der Waals surface area contributed by atoms with Crippen LogP contribution >= 0.6 is 0 Å². The molecule has 0 saturated carbocycles. The molecule has 5 rings (SSSR count). The molecule has 0 amide bonds. The van der Waals surface area contributed by atoms with Gasteiger partial charge < -0.3 is 5.73 Å². The van der Waals surface area contributed by atoms with Crippen LogP contribution in [0.4, 0.5) is 0 Å². The van der Waals surface area contributed by atoms with Crippen molar-refractivity contribution in [3.63, 3.8) is 0 Å². The molecular formula is C24H23N7. The number of aromatic nitrogens is 5. The second-order valence-corrected chi connectivity index (χ2v) is 7.47. The molecule has 1 aromatic carbocycles. The van der Waals surface area contributed by atoms with Gasteiger partial charge in [0.1, 0.15) is 11.4 Å². The average Bonchev–Trinajstić information content (AvgIpc) is 3.55. The van der Waals surface area contributed by atoms with Crippen LogP contribution in [0.2, 0.25) is 0 Å². The molecular weight excluding hydrogens is 386 g/mol. The normalized spacial score (nSPS) is 14.2. The van der Waals surface area contributed by atoms with E-state index in [1.165, 1.54) is 17.5 Å². The Kier molecular flexibility index (Phi) is 4.71. The van der Waals surface area contributed by atoms with Crippen LogP contribution in [-0.2, 0) is 12.8 Å². The molecule has 2 N–H and O–H groups in total. The topological polar surface area (TPSA) is 86.9 Å². The predicted octanol–water partition coefficient (Wildman–Crippen LogP) is 3.65. The SMILES string of the molecule is C=C/C=C(\C(N)=NC)c1nc2ccc(-n3cccn3)nc2n1-c1ccc2c(c1)CCC2. The Balaban J connectivity index is 1.81. The lowest BCUT2D eigenvalue weighted by atomic mass is 10.1. The summed E-state index contributed by atoms with van der Waals surface area (Å²) in [6.07, 6.45) is 10.5. The number of allylic oxidation sites excluding steroid dienone is 2. The molecule has 0 saturated heterocycles. The maximum Gasteiger partial charge on any atom is 0.167 e. The molecule has 0 spiro atoms. The lowest BCUT2D eigenvalue weighted by molar-refractivity contribution is 0.848. The van der Waals surface area contributed by atoms with Crippen LogP contribution in [-0.4, -0.2) is 37.2 Å². The van der Waals surface area contributed by atoms with Gasteiger partial charge in [0, 0.05) is 25.1 Å². The van der Waals surface area contributed by atoms with Gasteiger partial charge in [0.2, 0.25) is 0 Å². The summed E-state index contributed by atoms with van der Waals surface area (Å²) in [7, 11) is 1.67. The molecule has 0 bridgehead atoms. The number of fused-ring (bicyclic) bond motifs is 2. The third-order valence-electron chi connectivity index (χ3n) is 5.61. The van der Waals surface area contributed by atoms with Crippen LogP contribution in [0.25, 0.3) is 28.2 Å². The van der Waals surface area contributed by atoms with E-state index in [-0.39, 0.29) is 0 Å². The summed E-state index contributed by atoms with van der Waals surface area (Å²) in [5.74, 6) is 1.80. The van der Waals surface area contributed by atoms with Gasteiger partial charge in [-0.25, -0.2) is 14.6 Å². The summed E-state index contributed by atoms with van der Waals surface area (Å²) >= 11 is 0. The Labute approximate surface area is 180 Å². The van der Waals surface area contributed by atoms with Gasteiger partial charge in [0.05, 0.1) is 5.57 Å². The smallest absolute Gasteiger partial charge is 0.167 e. The molecule has 0 aliphatic heterocycles. The minimum absolute atomic E-state index is 0.393.